The normalized spacial score (nSPS) is 12.2. The Balaban J connectivity index is 2.41. The van der Waals surface area contributed by atoms with E-state index in [0.29, 0.717) is 18.7 Å². The smallest absolute Gasteiger partial charge is 0.356 e. The predicted octanol–water partition coefficient (Wildman–Crippen LogP) is 1.97. The third kappa shape index (κ3) is 3.98. The minimum Gasteiger partial charge on any atom is -0.461 e. The van der Waals surface area contributed by atoms with Crippen LogP contribution < -0.4 is 0 Å². The van der Waals surface area contributed by atoms with Gasteiger partial charge < -0.3 is 9.47 Å². The van der Waals surface area contributed by atoms with Crippen molar-refractivity contribution in [2.45, 2.75) is 26.4 Å². The zero-order chi connectivity index (χ0) is 12.0. The van der Waals surface area contributed by atoms with Crippen LogP contribution in [-0.4, -0.2) is 30.8 Å². The fourth-order valence-electron chi connectivity index (χ4n) is 1.17. The summed E-state index contributed by atoms with van der Waals surface area (Å²) in [5, 5.41) is 0. The first-order valence-corrected chi connectivity index (χ1v) is 5.27. The zero-order valence-electron chi connectivity index (χ0n) is 9.90. The number of methoxy groups -OCH3 is 1. The number of carbonyl (C=O) groups is 1. The molecule has 0 unspecified atom stereocenters. The molecule has 4 nitrogen and oxygen atoms in total. The van der Waals surface area contributed by atoms with Gasteiger partial charge in [-0.1, -0.05) is 6.07 Å². The number of nitrogens with zero attached hydrogens (tertiary/aromatic N) is 1. The highest BCUT2D eigenvalue weighted by atomic mass is 16.5. The fraction of sp³-hybridized carbons (Fsp3) is 0.500. The van der Waals surface area contributed by atoms with Gasteiger partial charge in [0.1, 0.15) is 5.69 Å². The molecular formula is C12H17NO3. The number of hydrogen-bond acceptors (Lipinski definition) is 4. The van der Waals surface area contributed by atoms with Gasteiger partial charge >= 0.3 is 5.97 Å². The number of rotatable bonds is 5. The second-order valence-electron chi connectivity index (χ2n) is 3.64. The standard InChI is InChI=1S/C12H17NO3/c1-9-5-4-6-11(13-9)12(14)16-8-7-10(2)15-3/h4-6,10H,7-8H2,1-3H3/t10-/m1/s1. The molecule has 0 radical (unpaired) electrons. The van der Waals surface area contributed by atoms with E-state index in [1.165, 1.54) is 0 Å². The Morgan fingerprint density at radius 1 is 1.50 bits per heavy atom. The maximum Gasteiger partial charge on any atom is 0.356 e. The van der Waals surface area contributed by atoms with Crippen molar-refractivity contribution in [2.24, 2.45) is 0 Å². The van der Waals surface area contributed by atoms with E-state index in [4.69, 9.17) is 9.47 Å². The summed E-state index contributed by atoms with van der Waals surface area (Å²) in [6.07, 6.45) is 0.784. The van der Waals surface area contributed by atoms with Gasteiger partial charge in [-0.2, -0.15) is 0 Å². The Kier molecular flexibility index (Phi) is 4.92. The summed E-state index contributed by atoms with van der Waals surface area (Å²) in [4.78, 5) is 15.6. The first-order valence-electron chi connectivity index (χ1n) is 5.27. The van der Waals surface area contributed by atoms with E-state index in [0.717, 1.165) is 5.69 Å². The topological polar surface area (TPSA) is 48.4 Å². The van der Waals surface area contributed by atoms with Crippen LogP contribution in [0, 0.1) is 6.92 Å². The molecule has 0 aromatic carbocycles. The number of esters is 1. The van der Waals surface area contributed by atoms with Crippen molar-refractivity contribution in [2.75, 3.05) is 13.7 Å². The van der Waals surface area contributed by atoms with Crippen LogP contribution >= 0.6 is 0 Å². The average Bonchev–Trinajstić information content (AvgIpc) is 2.28. The van der Waals surface area contributed by atoms with Gasteiger partial charge in [-0.3, -0.25) is 0 Å². The van der Waals surface area contributed by atoms with Gasteiger partial charge in [-0.25, -0.2) is 9.78 Å². The molecule has 1 atom stereocenters. The number of carbonyl (C=O) groups excluding carboxylic acids is 1. The van der Waals surface area contributed by atoms with E-state index in [-0.39, 0.29) is 12.1 Å². The van der Waals surface area contributed by atoms with Crippen LogP contribution in [0.25, 0.3) is 0 Å². The monoisotopic (exact) mass is 223 g/mol. The van der Waals surface area contributed by atoms with Crippen molar-refractivity contribution in [1.29, 1.82) is 0 Å². The summed E-state index contributed by atoms with van der Waals surface area (Å²) in [5.74, 6) is -0.382. The summed E-state index contributed by atoms with van der Waals surface area (Å²) in [5.41, 5.74) is 1.16. The van der Waals surface area contributed by atoms with Gasteiger partial charge in [0.05, 0.1) is 12.7 Å². The van der Waals surface area contributed by atoms with Gasteiger partial charge in [0.15, 0.2) is 0 Å². The number of ether oxygens (including phenoxy) is 2. The van der Waals surface area contributed by atoms with Crippen LogP contribution in [0.3, 0.4) is 0 Å². The molecule has 0 aliphatic heterocycles. The van der Waals surface area contributed by atoms with E-state index in [1.807, 2.05) is 19.9 Å². The van der Waals surface area contributed by atoms with Crippen LogP contribution in [0.5, 0.6) is 0 Å². The first kappa shape index (κ1) is 12.6. The van der Waals surface area contributed by atoms with Gasteiger partial charge in [0, 0.05) is 19.2 Å². The molecule has 0 saturated carbocycles. The molecule has 0 amide bonds. The lowest BCUT2D eigenvalue weighted by molar-refractivity contribution is 0.0384. The van der Waals surface area contributed by atoms with Crippen molar-refractivity contribution in [1.82, 2.24) is 4.98 Å². The lowest BCUT2D eigenvalue weighted by Crippen LogP contribution is -2.13. The minimum absolute atomic E-state index is 0.0956. The number of hydrogen-bond donors (Lipinski definition) is 0. The molecule has 0 spiro atoms. The number of pyridine rings is 1. The van der Waals surface area contributed by atoms with E-state index in [1.54, 1.807) is 19.2 Å². The fourth-order valence-corrected chi connectivity index (χ4v) is 1.17. The van der Waals surface area contributed by atoms with Gasteiger partial charge in [0.2, 0.25) is 0 Å². The second kappa shape index (κ2) is 6.23. The number of aromatic nitrogens is 1. The minimum atomic E-state index is -0.382. The molecular weight excluding hydrogens is 206 g/mol. The molecule has 1 aromatic heterocycles. The highest BCUT2D eigenvalue weighted by molar-refractivity contribution is 5.87. The van der Waals surface area contributed by atoms with E-state index in [2.05, 4.69) is 4.98 Å². The summed E-state index contributed by atoms with van der Waals surface area (Å²) < 4.78 is 10.1. The van der Waals surface area contributed by atoms with Crippen molar-refractivity contribution in [3.8, 4) is 0 Å². The predicted molar refractivity (Wildman–Crippen MR) is 60.3 cm³/mol. The van der Waals surface area contributed by atoms with Crippen molar-refractivity contribution >= 4 is 5.97 Å². The Labute approximate surface area is 95.6 Å². The molecule has 88 valence electrons. The Bertz CT molecular complexity index is 352. The summed E-state index contributed by atoms with van der Waals surface area (Å²) >= 11 is 0. The molecule has 0 N–H and O–H groups in total. The molecule has 0 bridgehead atoms. The zero-order valence-corrected chi connectivity index (χ0v) is 9.90. The Morgan fingerprint density at radius 3 is 2.88 bits per heavy atom. The third-order valence-electron chi connectivity index (χ3n) is 2.26. The van der Waals surface area contributed by atoms with Crippen LogP contribution in [0.1, 0.15) is 29.5 Å². The molecule has 1 aromatic rings. The Hall–Kier alpha value is -1.42. The van der Waals surface area contributed by atoms with Crippen molar-refractivity contribution in [3.63, 3.8) is 0 Å². The van der Waals surface area contributed by atoms with Crippen LogP contribution in [0.15, 0.2) is 18.2 Å². The lowest BCUT2D eigenvalue weighted by Gasteiger charge is -2.09. The van der Waals surface area contributed by atoms with Crippen LogP contribution in [0.2, 0.25) is 0 Å². The molecule has 16 heavy (non-hydrogen) atoms. The molecule has 0 aliphatic carbocycles. The molecule has 1 heterocycles. The van der Waals surface area contributed by atoms with E-state index >= 15 is 0 Å². The highest BCUT2D eigenvalue weighted by Crippen LogP contribution is 2.02. The van der Waals surface area contributed by atoms with Crippen LogP contribution in [0.4, 0.5) is 0 Å². The van der Waals surface area contributed by atoms with Gasteiger partial charge in [-0.05, 0) is 26.0 Å². The molecule has 0 fully saturated rings. The average molecular weight is 223 g/mol. The van der Waals surface area contributed by atoms with Gasteiger partial charge in [-0.15, -0.1) is 0 Å². The molecule has 1 rings (SSSR count). The van der Waals surface area contributed by atoms with Crippen molar-refractivity contribution < 1.29 is 14.3 Å². The Morgan fingerprint density at radius 2 is 2.25 bits per heavy atom. The second-order valence-corrected chi connectivity index (χ2v) is 3.64. The summed E-state index contributed by atoms with van der Waals surface area (Å²) in [7, 11) is 1.63. The van der Waals surface area contributed by atoms with Gasteiger partial charge in [0.25, 0.3) is 0 Å². The maximum absolute atomic E-state index is 11.5. The first-order chi connectivity index (χ1) is 7.63. The van der Waals surface area contributed by atoms with Crippen LogP contribution in [-0.2, 0) is 9.47 Å². The molecule has 0 saturated heterocycles. The third-order valence-corrected chi connectivity index (χ3v) is 2.26. The van der Waals surface area contributed by atoms with Crippen molar-refractivity contribution in [3.05, 3.63) is 29.6 Å². The van der Waals surface area contributed by atoms with E-state index < -0.39 is 0 Å². The summed E-state index contributed by atoms with van der Waals surface area (Å²) in [6.45, 7) is 4.12. The number of aryl methyl sites for hydroxylation is 1. The van der Waals surface area contributed by atoms with E-state index in [9.17, 15) is 4.79 Å². The lowest BCUT2D eigenvalue weighted by atomic mass is 10.3. The molecule has 0 aliphatic rings. The quantitative estimate of drug-likeness (QED) is 0.716. The highest BCUT2D eigenvalue weighted by Gasteiger charge is 2.09. The SMILES string of the molecule is CO[C@H](C)CCOC(=O)c1cccc(C)n1. The molecule has 4 heteroatoms. The largest absolute Gasteiger partial charge is 0.461 e. The summed E-state index contributed by atoms with van der Waals surface area (Å²) in [6, 6.07) is 5.27. The maximum atomic E-state index is 11.5.